The lowest BCUT2D eigenvalue weighted by atomic mass is 10.3. The average Bonchev–Trinajstić information content (AvgIpc) is 2.95. The number of nitrogens with one attached hydrogen (secondary N) is 1. The molecular weight excluding hydrogens is 302 g/mol. The Morgan fingerprint density at radius 3 is 2.95 bits per heavy atom. The molecule has 0 atom stereocenters. The van der Waals surface area contributed by atoms with E-state index in [1.807, 2.05) is 36.6 Å². The van der Waals surface area contributed by atoms with Crippen LogP contribution in [0.5, 0.6) is 5.88 Å². The zero-order chi connectivity index (χ0) is 14.7. The van der Waals surface area contributed by atoms with E-state index in [9.17, 15) is 0 Å². The number of thiazole rings is 1. The Bertz CT molecular complexity index is 758. The standard InChI is InChI=1S/C15H15N3OS2/c1-19-14-5-3-4-11(17-14)9-16-10-6-7-12-13(8-10)21-15(18-12)20-2/h3-8,16H,9H2,1-2H3. The first-order valence-corrected chi connectivity index (χ1v) is 8.51. The van der Waals surface area contributed by atoms with Crippen molar-refractivity contribution in [2.24, 2.45) is 0 Å². The van der Waals surface area contributed by atoms with Crippen LogP contribution in [0.4, 0.5) is 5.69 Å². The molecule has 0 saturated carbocycles. The maximum Gasteiger partial charge on any atom is 0.213 e. The molecule has 0 bridgehead atoms. The van der Waals surface area contributed by atoms with E-state index in [0.717, 1.165) is 21.2 Å². The van der Waals surface area contributed by atoms with Crippen LogP contribution >= 0.6 is 23.1 Å². The molecule has 0 aliphatic carbocycles. The van der Waals surface area contributed by atoms with E-state index in [-0.39, 0.29) is 0 Å². The summed E-state index contributed by atoms with van der Waals surface area (Å²) in [4.78, 5) is 8.93. The molecule has 4 nitrogen and oxygen atoms in total. The summed E-state index contributed by atoms with van der Waals surface area (Å²) in [5, 5.41) is 3.39. The second-order valence-corrected chi connectivity index (χ2v) is 6.48. The van der Waals surface area contributed by atoms with Crippen molar-refractivity contribution in [3.63, 3.8) is 0 Å². The molecule has 1 N–H and O–H groups in total. The Balaban J connectivity index is 1.75. The van der Waals surface area contributed by atoms with Crippen molar-refractivity contribution < 1.29 is 4.74 Å². The van der Waals surface area contributed by atoms with Crippen LogP contribution in [0.15, 0.2) is 40.7 Å². The van der Waals surface area contributed by atoms with E-state index in [2.05, 4.69) is 21.4 Å². The van der Waals surface area contributed by atoms with Gasteiger partial charge in [0.05, 0.1) is 29.6 Å². The molecule has 2 aromatic heterocycles. The Kier molecular flexibility index (Phi) is 4.26. The van der Waals surface area contributed by atoms with Crippen molar-refractivity contribution in [3.8, 4) is 5.88 Å². The van der Waals surface area contributed by atoms with Gasteiger partial charge in [-0.05, 0) is 30.5 Å². The molecule has 2 heterocycles. The summed E-state index contributed by atoms with van der Waals surface area (Å²) in [5.41, 5.74) is 3.07. The maximum atomic E-state index is 5.13. The highest BCUT2D eigenvalue weighted by molar-refractivity contribution is 8.00. The monoisotopic (exact) mass is 317 g/mol. The molecule has 0 fully saturated rings. The van der Waals surface area contributed by atoms with Crippen molar-refractivity contribution in [2.45, 2.75) is 10.9 Å². The number of nitrogens with zero attached hydrogens (tertiary/aromatic N) is 2. The van der Waals surface area contributed by atoms with E-state index < -0.39 is 0 Å². The summed E-state index contributed by atoms with van der Waals surface area (Å²) in [6.07, 6.45) is 2.05. The third kappa shape index (κ3) is 3.28. The summed E-state index contributed by atoms with van der Waals surface area (Å²) in [7, 11) is 1.63. The highest BCUT2D eigenvalue weighted by Gasteiger charge is 2.04. The number of methoxy groups -OCH3 is 1. The summed E-state index contributed by atoms with van der Waals surface area (Å²) in [6.45, 7) is 0.664. The fourth-order valence-electron chi connectivity index (χ4n) is 1.96. The van der Waals surface area contributed by atoms with Crippen LogP contribution in [0.1, 0.15) is 5.69 Å². The van der Waals surface area contributed by atoms with E-state index in [0.29, 0.717) is 12.4 Å². The highest BCUT2D eigenvalue weighted by Crippen LogP contribution is 2.30. The number of thioether (sulfide) groups is 1. The Morgan fingerprint density at radius 2 is 2.14 bits per heavy atom. The second kappa shape index (κ2) is 6.32. The summed E-state index contributed by atoms with van der Waals surface area (Å²) >= 11 is 3.39. The quantitative estimate of drug-likeness (QED) is 0.720. The number of benzene rings is 1. The van der Waals surface area contributed by atoms with Crippen molar-refractivity contribution in [1.29, 1.82) is 0 Å². The third-order valence-electron chi connectivity index (χ3n) is 3.01. The molecule has 108 valence electrons. The summed E-state index contributed by atoms with van der Waals surface area (Å²) in [5.74, 6) is 0.636. The normalized spacial score (nSPS) is 10.8. The van der Waals surface area contributed by atoms with Gasteiger partial charge in [0, 0.05) is 11.8 Å². The van der Waals surface area contributed by atoms with Gasteiger partial charge in [0.15, 0.2) is 4.34 Å². The van der Waals surface area contributed by atoms with E-state index in [4.69, 9.17) is 4.74 Å². The van der Waals surface area contributed by atoms with Crippen molar-refractivity contribution in [1.82, 2.24) is 9.97 Å². The Labute approximate surface area is 131 Å². The zero-order valence-electron chi connectivity index (χ0n) is 11.8. The molecule has 3 aromatic rings. The number of rotatable bonds is 5. The third-order valence-corrected chi connectivity index (χ3v) is 5.01. The van der Waals surface area contributed by atoms with Gasteiger partial charge in [-0.2, -0.15) is 0 Å². The minimum Gasteiger partial charge on any atom is -0.481 e. The molecule has 6 heteroatoms. The number of fused-ring (bicyclic) bond motifs is 1. The second-order valence-electron chi connectivity index (χ2n) is 4.39. The number of ether oxygens (including phenoxy) is 1. The first-order chi connectivity index (χ1) is 10.3. The van der Waals surface area contributed by atoms with Crippen LogP contribution in [0.25, 0.3) is 10.2 Å². The predicted octanol–water partition coefficient (Wildman–Crippen LogP) is 4.03. The predicted molar refractivity (Wildman–Crippen MR) is 89.5 cm³/mol. The van der Waals surface area contributed by atoms with Gasteiger partial charge in [0.25, 0.3) is 0 Å². The molecule has 3 rings (SSSR count). The van der Waals surface area contributed by atoms with Gasteiger partial charge in [0.1, 0.15) is 0 Å². The van der Waals surface area contributed by atoms with Gasteiger partial charge in [-0.1, -0.05) is 17.8 Å². The number of anilines is 1. The number of pyridine rings is 1. The van der Waals surface area contributed by atoms with Crippen molar-refractivity contribution in [2.75, 3.05) is 18.7 Å². The number of hydrogen-bond acceptors (Lipinski definition) is 6. The van der Waals surface area contributed by atoms with Gasteiger partial charge in [-0.3, -0.25) is 0 Å². The van der Waals surface area contributed by atoms with Crippen molar-refractivity contribution >= 4 is 39.0 Å². The van der Waals surface area contributed by atoms with Crippen LogP contribution in [-0.2, 0) is 6.54 Å². The highest BCUT2D eigenvalue weighted by atomic mass is 32.2. The lowest BCUT2D eigenvalue weighted by Crippen LogP contribution is -2.02. The first kappa shape index (κ1) is 14.2. The minimum absolute atomic E-state index is 0.636. The topological polar surface area (TPSA) is 47.0 Å². The van der Waals surface area contributed by atoms with Gasteiger partial charge in [0.2, 0.25) is 5.88 Å². The van der Waals surface area contributed by atoms with Crippen LogP contribution in [0, 0.1) is 0 Å². The molecule has 0 amide bonds. The average molecular weight is 317 g/mol. The lowest BCUT2D eigenvalue weighted by molar-refractivity contribution is 0.396. The van der Waals surface area contributed by atoms with Crippen LogP contribution in [0.2, 0.25) is 0 Å². The largest absolute Gasteiger partial charge is 0.481 e. The molecular formula is C15H15N3OS2. The lowest BCUT2D eigenvalue weighted by Gasteiger charge is -2.07. The Morgan fingerprint density at radius 1 is 1.24 bits per heavy atom. The minimum atomic E-state index is 0.636. The van der Waals surface area contributed by atoms with Crippen LogP contribution in [0.3, 0.4) is 0 Å². The molecule has 21 heavy (non-hydrogen) atoms. The van der Waals surface area contributed by atoms with E-state index >= 15 is 0 Å². The fraction of sp³-hybridized carbons (Fsp3) is 0.200. The number of aromatic nitrogens is 2. The number of hydrogen-bond donors (Lipinski definition) is 1. The summed E-state index contributed by atoms with van der Waals surface area (Å²) in [6, 6.07) is 12.0. The van der Waals surface area contributed by atoms with Crippen LogP contribution < -0.4 is 10.1 Å². The molecule has 0 unspecified atom stereocenters. The van der Waals surface area contributed by atoms with Crippen molar-refractivity contribution in [3.05, 3.63) is 42.1 Å². The maximum absolute atomic E-state index is 5.13. The molecule has 0 spiro atoms. The first-order valence-electron chi connectivity index (χ1n) is 6.47. The van der Waals surface area contributed by atoms with Gasteiger partial charge in [-0.25, -0.2) is 9.97 Å². The SMILES string of the molecule is COc1cccc(CNc2ccc3nc(SC)sc3c2)n1. The van der Waals surface area contributed by atoms with Gasteiger partial charge in [-0.15, -0.1) is 11.3 Å². The molecule has 1 aromatic carbocycles. The molecule has 0 radical (unpaired) electrons. The molecule has 0 aliphatic heterocycles. The zero-order valence-corrected chi connectivity index (χ0v) is 13.4. The summed E-state index contributed by atoms with van der Waals surface area (Å²) < 4.78 is 7.42. The molecule has 0 aliphatic rings. The Hall–Kier alpha value is -1.79. The van der Waals surface area contributed by atoms with Gasteiger partial charge < -0.3 is 10.1 Å². The van der Waals surface area contributed by atoms with Gasteiger partial charge >= 0.3 is 0 Å². The smallest absolute Gasteiger partial charge is 0.213 e. The molecule has 0 saturated heterocycles. The fourth-order valence-corrected chi connectivity index (χ4v) is 3.49. The van der Waals surface area contributed by atoms with E-state index in [1.54, 1.807) is 30.2 Å². The van der Waals surface area contributed by atoms with Crippen LogP contribution in [-0.4, -0.2) is 23.3 Å². The van der Waals surface area contributed by atoms with E-state index in [1.165, 1.54) is 4.70 Å².